The first-order chi connectivity index (χ1) is 9.93. The highest BCUT2D eigenvalue weighted by Gasteiger charge is 2.08. The lowest BCUT2D eigenvalue weighted by molar-refractivity contribution is 0.171. The lowest BCUT2D eigenvalue weighted by Crippen LogP contribution is -2.14. The zero-order chi connectivity index (χ0) is 13.6. The SMILES string of the molecule is C1=Cc2ccccc2OC1.c1ccc2c(c1)OCCO2. The molecule has 0 fully saturated rings. The van der Waals surface area contributed by atoms with Crippen LogP contribution in [0.2, 0.25) is 0 Å². The fourth-order valence-corrected chi connectivity index (χ4v) is 2.05. The van der Waals surface area contributed by atoms with Gasteiger partial charge in [-0.2, -0.15) is 0 Å². The second-order valence-electron chi connectivity index (χ2n) is 4.39. The Labute approximate surface area is 118 Å². The molecule has 0 atom stereocenters. The number of benzene rings is 2. The first kappa shape index (κ1) is 12.6. The van der Waals surface area contributed by atoms with Crippen molar-refractivity contribution in [2.45, 2.75) is 0 Å². The second kappa shape index (κ2) is 6.15. The van der Waals surface area contributed by atoms with Crippen LogP contribution in [0.1, 0.15) is 5.56 Å². The minimum atomic E-state index is 0.664. The molecule has 0 aliphatic carbocycles. The van der Waals surface area contributed by atoms with Crippen LogP contribution in [0, 0.1) is 0 Å². The molecule has 0 N–H and O–H groups in total. The predicted octanol–water partition coefficient (Wildman–Crippen LogP) is 3.55. The van der Waals surface area contributed by atoms with Gasteiger partial charge < -0.3 is 14.2 Å². The molecule has 0 aromatic heterocycles. The highest BCUT2D eigenvalue weighted by atomic mass is 16.6. The zero-order valence-electron chi connectivity index (χ0n) is 11.1. The molecule has 0 radical (unpaired) electrons. The lowest BCUT2D eigenvalue weighted by Gasteiger charge is -2.17. The van der Waals surface area contributed by atoms with Crippen molar-refractivity contribution in [3.05, 3.63) is 60.2 Å². The zero-order valence-corrected chi connectivity index (χ0v) is 11.1. The molecule has 4 rings (SSSR count). The summed E-state index contributed by atoms with van der Waals surface area (Å²) < 4.78 is 15.9. The largest absolute Gasteiger partial charge is 0.489 e. The normalized spacial score (nSPS) is 14.4. The Balaban J connectivity index is 0.000000121. The molecular weight excluding hydrogens is 252 g/mol. The Bertz CT molecular complexity index is 580. The maximum Gasteiger partial charge on any atom is 0.161 e. The highest BCUT2D eigenvalue weighted by Crippen LogP contribution is 2.28. The molecule has 102 valence electrons. The second-order valence-corrected chi connectivity index (χ2v) is 4.39. The summed E-state index contributed by atoms with van der Waals surface area (Å²) in [6.07, 6.45) is 4.10. The maximum atomic E-state index is 5.34. The van der Waals surface area contributed by atoms with Crippen molar-refractivity contribution < 1.29 is 14.2 Å². The van der Waals surface area contributed by atoms with Crippen LogP contribution < -0.4 is 14.2 Å². The average Bonchev–Trinajstić information content (AvgIpc) is 2.56. The van der Waals surface area contributed by atoms with Crippen molar-refractivity contribution in [3.63, 3.8) is 0 Å². The molecule has 0 spiro atoms. The quantitative estimate of drug-likeness (QED) is 0.731. The van der Waals surface area contributed by atoms with Gasteiger partial charge in [-0.15, -0.1) is 0 Å². The van der Waals surface area contributed by atoms with E-state index in [4.69, 9.17) is 14.2 Å². The molecule has 0 unspecified atom stereocenters. The van der Waals surface area contributed by atoms with Crippen molar-refractivity contribution >= 4 is 6.08 Å². The van der Waals surface area contributed by atoms with Crippen LogP contribution in [-0.4, -0.2) is 19.8 Å². The Morgan fingerprint density at radius 3 is 1.90 bits per heavy atom. The van der Waals surface area contributed by atoms with Crippen LogP contribution in [0.3, 0.4) is 0 Å². The van der Waals surface area contributed by atoms with E-state index in [1.54, 1.807) is 0 Å². The van der Waals surface area contributed by atoms with Crippen LogP contribution in [-0.2, 0) is 0 Å². The Morgan fingerprint density at radius 2 is 1.25 bits per heavy atom. The lowest BCUT2D eigenvalue weighted by atomic mass is 10.1. The number of para-hydroxylation sites is 3. The van der Waals surface area contributed by atoms with Gasteiger partial charge >= 0.3 is 0 Å². The summed E-state index contributed by atoms with van der Waals surface area (Å²) in [5.74, 6) is 2.70. The third-order valence-corrected chi connectivity index (χ3v) is 3.00. The van der Waals surface area contributed by atoms with E-state index in [1.165, 1.54) is 5.56 Å². The summed E-state index contributed by atoms with van der Waals surface area (Å²) in [6, 6.07) is 15.7. The summed E-state index contributed by atoms with van der Waals surface area (Å²) in [4.78, 5) is 0. The number of rotatable bonds is 0. The van der Waals surface area contributed by atoms with Crippen molar-refractivity contribution in [2.24, 2.45) is 0 Å². The van der Waals surface area contributed by atoms with Gasteiger partial charge in [0, 0.05) is 5.56 Å². The van der Waals surface area contributed by atoms with E-state index in [0.717, 1.165) is 17.2 Å². The van der Waals surface area contributed by atoms with E-state index in [9.17, 15) is 0 Å². The molecule has 0 amide bonds. The number of hydrogen-bond donors (Lipinski definition) is 0. The smallest absolute Gasteiger partial charge is 0.161 e. The summed E-state index contributed by atoms with van der Waals surface area (Å²) in [6.45, 7) is 2.03. The van der Waals surface area contributed by atoms with Crippen LogP contribution in [0.5, 0.6) is 17.2 Å². The molecule has 0 saturated carbocycles. The summed E-state index contributed by atoms with van der Waals surface area (Å²) in [5.41, 5.74) is 1.17. The van der Waals surface area contributed by atoms with Crippen molar-refractivity contribution in [2.75, 3.05) is 19.8 Å². The number of ether oxygens (including phenoxy) is 3. The minimum Gasteiger partial charge on any atom is -0.489 e. The van der Waals surface area contributed by atoms with Gasteiger partial charge in [-0.3, -0.25) is 0 Å². The number of hydrogen-bond acceptors (Lipinski definition) is 3. The molecular formula is C17H16O3. The van der Waals surface area contributed by atoms with Crippen LogP contribution >= 0.6 is 0 Å². The molecule has 0 saturated heterocycles. The van der Waals surface area contributed by atoms with Crippen molar-refractivity contribution in [1.82, 2.24) is 0 Å². The van der Waals surface area contributed by atoms with Crippen LogP contribution in [0.15, 0.2) is 54.6 Å². The first-order valence-corrected chi connectivity index (χ1v) is 6.66. The van der Waals surface area contributed by atoms with E-state index in [1.807, 2.05) is 54.6 Å². The molecule has 2 aromatic carbocycles. The fraction of sp³-hybridized carbons (Fsp3) is 0.176. The van der Waals surface area contributed by atoms with Gasteiger partial charge in [0.25, 0.3) is 0 Å². The number of fused-ring (bicyclic) bond motifs is 2. The molecule has 3 nitrogen and oxygen atoms in total. The standard InChI is InChI=1S/C9H8O.C8H8O2/c1-2-6-9-8(4-1)5-3-7-10-9;1-2-4-8-7(3-1)9-5-6-10-8/h1-6H,7H2;1-4H,5-6H2. The van der Waals surface area contributed by atoms with Gasteiger partial charge in [0.15, 0.2) is 11.5 Å². The van der Waals surface area contributed by atoms with Crippen LogP contribution in [0.25, 0.3) is 6.08 Å². The topological polar surface area (TPSA) is 27.7 Å². The molecule has 2 aliphatic rings. The van der Waals surface area contributed by atoms with Crippen molar-refractivity contribution in [3.8, 4) is 17.2 Å². The van der Waals surface area contributed by atoms with E-state index in [0.29, 0.717) is 19.8 Å². The molecule has 20 heavy (non-hydrogen) atoms. The van der Waals surface area contributed by atoms with Gasteiger partial charge in [-0.1, -0.05) is 36.4 Å². The highest BCUT2D eigenvalue weighted by molar-refractivity contribution is 5.58. The van der Waals surface area contributed by atoms with Crippen molar-refractivity contribution in [1.29, 1.82) is 0 Å². The van der Waals surface area contributed by atoms with E-state index < -0.39 is 0 Å². The fourth-order valence-electron chi connectivity index (χ4n) is 2.05. The Morgan fingerprint density at radius 1 is 0.650 bits per heavy atom. The third kappa shape index (κ3) is 2.94. The van der Waals surface area contributed by atoms with E-state index >= 15 is 0 Å². The van der Waals surface area contributed by atoms with Crippen LogP contribution in [0.4, 0.5) is 0 Å². The molecule has 2 aliphatic heterocycles. The van der Waals surface area contributed by atoms with Gasteiger partial charge in [0.1, 0.15) is 25.6 Å². The minimum absolute atomic E-state index is 0.664. The van der Waals surface area contributed by atoms with Gasteiger partial charge in [0.2, 0.25) is 0 Å². The predicted molar refractivity (Wildman–Crippen MR) is 78.4 cm³/mol. The first-order valence-electron chi connectivity index (χ1n) is 6.66. The Hall–Kier alpha value is -2.42. The summed E-state index contributed by atoms with van der Waals surface area (Å²) in [5, 5.41) is 0. The summed E-state index contributed by atoms with van der Waals surface area (Å²) in [7, 11) is 0. The van der Waals surface area contributed by atoms with E-state index in [-0.39, 0.29) is 0 Å². The molecule has 2 aromatic rings. The Kier molecular flexibility index (Phi) is 3.88. The molecule has 2 heterocycles. The molecule has 0 bridgehead atoms. The molecule has 3 heteroatoms. The summed E-state index contributed by atoms with van der Waals surface area (Å²) >= 11 is 0. The van der Waals surface area contributed by atoms with Gasteiger partial charge in [-0.25, -0.2) is 0 Å². The van der Waals surface area contributed by atoms with E-state index in [2.05, 4.69) is 6.08 Å². The monoisotopic (exact) mass is 268 g/mol. The third-order valence-electron chi connectivity index (χ3n) is 3.00. The van der Waals surface area contributed by atoms with Gasteiger partial charge in [-0.05, 0) is 24.3 Å². The average molecular weight is 268 g/mol. The maximum absolute atomic E-state index is 5.34. The van der Waals surface area contributed by atoms with Gasteiger partial charge in [0.05, 0.1) is 0 Å².